The zero-order valence-corrected chi connectivity index (χ0v) is 21.5. The van der Waals surface area contributed by atoms with E-state index in [9.17, 15) is 4.79 Å². The lowest BCUT2D eigenvalue weighted by atomic mass is 10.1. The van der Waals surface area contributed by atoms with Crippen LogP contribution in [0.1, 0.15) is 54.6 Å². The van der Waals surface area contributed by atoms with Crippen molar-refractivity contribution in [2.45, 2.75) is 58.9 Å². The number of aromatic nitrogens is 2. The number of hydrogen-bond donors (Lipinski definition) is 0. The summed E-state index contributed by atoms with van der Waals surface area (Å²) in [5.74, 6) is 2.10. The fourth-order valence-corrected chi connectivity index (χ4v) is 5.12. The van der Waals surface area contributed by atoms with Gasteiger partial charge < -0.3 is 14.2 Å². The molecule has 4 aromatic rings. The van der Waals surface area contributed by atoms with Gasteiger partial charge in [-0.2, -0.15) is 0 Å². The van der Waals surface area contributed by atoms with E-state index in [0.29, 0.717) is 26.1 Å². The Morgan fingerprint density at radius 1 is 1.00 bits per heavy atom. The fraction of sp³-hybridized carbons (Fsp3) is 0.355. The van der Waals surface area contributed by atoms with Crippen molar-refractivity contribution in [1.29, 1.82) is 0 Å². The smallest absolute Gasteiger partial charge is 0.227 e. The number of fused-ring (bicyclic) bond motifs is 1. The van der Waals surface area contributed by atoms with E-state index in [2.05, 4.69) is 61.7 Å². The third kappa shape index (κ3) is 4.88. The number of ether oxygens (including phenoxy) is 1. The number of unbranched alkanes of at least 4 members (excludes halogenated alkanes) is 1. The Morgan fingerprint density at radius 2 is 1.81 bits per heavy atom. The second-order valence-electron chi connectivity index (χ2n) is 9.83. The predicted molar refractivity (Wildman–Crippen MR) is 146 cm³/mol. The van der Waals surface area contributed by atoms with Crippen molar-refractivity contribution >= 4 is 22.6 Å². The van der Waals surface area contributed by atoms with Crippen molar-refractivity contribution in [3.8, 4) is 5.75 Å². The molecule has 5 nitrogen and oxygen atoms in total. The molecule has 0 radical (unpaired) electrons. The Kier molecular flexibility index (Phi) is 7.08. The summed E-state index contributed by atoms with van der Waals surface area (Å²) in [6.45, 7) is 8.28. The van der Waals surface area contributed by atoms with Gasteiger partial charge in [0, 0.05) is 24.6 Å². The van der Waals surface area contributed by atoms with Crippen molar-refractivity contribution in [3.63, 3.8) is 0 Å². The number of nitrogens with zero attached hydrogens (tertiary/aromatic N) is 3. The van der Waals surface area contributed by atoms with Crippen molar-refractivity contribution in [2.24, 2.45) is 0 Å². The third-order valence-electron chi connectivity index (χ3n) is 7.37. The van der Waals surface area contributed by atoms with Crippen LogP contribution < -0.4 is 9.64 Å². The lowest BCUT2D eigenvalue weighted by Crippen LogP contribution is -2.24. The van der Waals surface area contributed by atoms with Crippen LogP contribution in [0.5, 0.6) is 5.75 Å². The van der Waals surface area contributed by atoms with E-state index in [1.165, 1.54) is 29.5 Å². The summed E-state index contributed by atoms with van der Waals surface area (Å²) >= 11 is 0. The van der Waals surface area contributed by atoms with Crippen LogP contribution >= 0.6 is 0 Å². The van der Waals surface area contributed by atoms with Crippen molar-refractivity contribution in [1.82, 2.24) is 9.55 Å². The zero-order valence-electron chi connectivity index (χ0n) is 21.5. The molecule has 2 heterocycles. The molecule has 0 N–H and O–H groups in total. The second kappa shape index (κ2) is 10.6. The monoisotopic (exact) mass is 481 g/mol. The molecule has 0 bridgehead atoms. The van der Waals surface area contributed by atoms with E-state index in [1.807, 2.05) is 35.2 Å². The topological polar surface area (TPSA) is 47.4 Å². The molecule has 1 unspecified atom stereocenters. The minimum atomic E-state index is 0.0466. The quantitative estimate of drug-likeness (QED) is 0.271. The predicted octanol–water partition coefficient (Wildman–Crippen LogP) is 6.60. The highest BCUT2D eigenvalue weighted by Gasteiger charge is 2.34. The Hall–Kier alpha value is -3.60. The van der Waals surface area contributed by atoms with Gasteiger partial charge in [-0.05, 0) is 73.7 Å². The standard InChI is InChI=1S/C31H35N3O2/c1-4-5-10-24-14-16-26(17-15-24)34-21-25(20-30(34)35)31-32-27-11-6-7-12-28(27)33(31)18-19-36-29-13-8-9-22(2)23(29)3/h6-9,11-17,25H,4-5,10,18-21H2,1-3H3. The van der Waals surface area contributed by atoms with Crippen LogP contribution in [0, 0.1) is 13.8 Å². The first-order chi connectivity index (χ1) is 17.5. The minimum absolute atomic E-state index is 0.0466. The maximum Gasteiger partial charge on any atom is 0.227 e. The highest BCUT2D eigenvalue weighted by Crippen LogP contribution is 2.33. The number of carbonyl (C=O) groups excluding carboxylic acids is 1. The van der Waals surface area contributed by atoms with E-state index in [-0.39, 0.29) is 11.8 Å². The molecular weight excluding hydrogens is 446 g/mol. The molecule has 5 rings (SSSR count). The van der Waals surface area contributed by atoms with Gasteiger partial charge in [0.2, 0.25) is 5.91 Å². The van der Waals surface area contributed by atoms with Gasteiger partial charge in [-0.1, -0.05) is 49.7 Å². The molecule has 5 heteroatoms. The SMILES string of the molecule is CCCCc1ccc(N2CC(c3nc4ccccc4n3CCOc3cccc(C)c3C)CC2=O)cc1. The first-order valence-corrected chi connectivity index (χ1v) is 13.1. The number of hydrogen-bond acceptors (Lipinski definition) is 3. The lowest BCUT2D eigenvalue weighted by molar-refractivity contribution is -0.117. The van der Waals surface area contributed by atoms with Gasteiger partial charge in [0.1, 0.15) is 18.2 Å². The average molecular weight is 482 g/mol. The molecule has 1 fully saturated rings. The van der Waals surface area contributed by atoms with E-state index in [4.69, 9.17) is 9.72 Å². The number of aryl methyl sites for hydroxylation is 2. The molecular formula is C31H35N3O2. The summed E-state index contributed by atoms with van der Waals surface area (Å²) in [5, 5.41) is 0. The van der Waals surface area contributed by atoms with Crippen LogP contribution in [-0.4, -0.2) is 28.6 Å². The van der Waals surface area contributed by atoms with Crippen LogP contribution in [0.2, 0.25) is 0 Å². The van der Waals surface area contributed by atoms with Gasteiger partial charge in [0.05, 0.1) is 17.6 Å². The summed E-state index contributed by atoms with van der Waals surface area (Å²) in [6.07, 6.45) is 3.93. The molecule has 1 aromatic heterocycles. The Morgan fingerprint density at radius 3 is 2.61 bits per heavy atom. The number of rotatable bonds is 9. The molecule has 36 heavy (non-hydrogen) atoms. The molecule has 1 aliphatic rings. The van der Waals surface area contributed by atoms with E-state index in [0.717, 1.165) is 34.7 Å². The van der Waals surface area contributed by atoms with E-state index >= 15 is 0 Å². The highest BCUT2D eigenvalue weighted by atomic mass is 16.5. The molecule has 0 aliphatic carbocycles. The first kappa shape index (κ1) is 24.1. The van der Waals surface area contributed by atoms with Gasteiger partial charge in [0.15, 0.2) is 0 Å². The summed E-state index contributed by atoms with van der Waals surface area (Å²) in [7, 11) is 0. The Balaban J connectivity index is 1.35. The molecule has 0 spiro atoms. The van der Waals surface area contributed by atoms with Crippen LogP contribution in [0.25, 0.3) is 11.0 Å². The van der Waals surface area contributed by atoms with Crippen LogP contribution in [0.3, 0.4) is 0 Å². The number of para-hydroxylation sites is 2. The van der Waals surface area contributed by atoms with Crippen molar-refractivity contribution in [3.05, 3.63) is 89.2 Å². The van der Waals surface area contributed by atoms with E-state index < -0.39 is 0 Å². The van der Waals surface area contributed by atoms with Gasteiger partial charge in [0.25, 0.3) is 0 Å². The molecule has 1 amide bonds. The zero-order chi connectivity index (χ0) is 25.1. The van der Waals surface area contributed by atoms with Gasteiger partial charge in [-0.25, -0.2) is 4.98 Å². The summed E-state index contributed by atoms with van der Waals surface area (Å²) in [6, 6.07) is 22.9. The summed E-state index contributed by atoms with van der Waals surface area (Å²) in [4.78, 5) is 20.0. The van der Waals surface area contributed by atoms with E-state index in [1.54, 1.807) is 0 Å². The largest absolute Gasteiger partial charge is 0.491 e. The maximum absolute atomic E-state index is 13.1. The molecule has 186 valence electrons. The molecule has 1 saturated heterocycles. The first-order valence-electron chi connectivity index (χ1n) is 13.1. The summed E-state index contributed by atoms with van der Waals surface area (Å²) in [5.41, 5.74) is 6.75. The number of benzene rings is 3. The molecule has 1 atom stereocenters. The Labute approximate surface area is 213 Å². The van der Waals surface area contributed by atoms with Crippen molar-refractivity contribution in [2.75, 3.05) is 18.1 Å². The average Bonchev–Trinajstić information content (AvgIpc) is 3.46. The van der Waals surface area contributed by atoms with Crippen LogP contribution in [0.4, 0.5) is 5.69 Å². The molecule has 0 saturated carbocycles. The number of carbonyl (C=O) groups is 1. The number of imidazole rings is 1. The highest BCUT2D eigenvalue weighted by molar-refractivity contribution is 5.96. The maximum atomic E-state index is 13.1. The Bertz CT molecular complexity index is 1360. The fourth-order valence-electron chi connectivity index (χ4n) is 5.12. The second-order valence-corrected chi connectivity index (χ2v) is 9.83. The van der Waals surface area contributed by atoms with Crippen LogP contribution in [-0.2, 0) is 17.8 Å². The normalized spacial score (nSPS) is 15.7. The number of anilines is 1. The molecule has 3 aromatic carbocycles. The third-order valence-corrected chi connectivity index (χ3v) is 7.37. The van der Waals surface area contributed by atoms with Gasteiger partial charge >= 0.3 is 0 Å². The number of amides is 1. The lowest BCUT2D eigenvalue weighted by Gasteiger charge is -2.18. The van der Waals surface area contributed by atoms with Crippen LogP contribution in [0.15, 0.2) is 66.7 Å². The molecule has 1 aliphatic heterocycles. The summed E-state index contributed by atoms with van der Waals surface area (Å²) < 4.78 is 8.43. The van der Waals surface area contributed by atoms with Crippen molar-refractivity contribution < 1.29 is 9.53 Å². The minimum Gasteiger partial charge on any atom is -0.491 e. The van der Waals surface area contributed by atoms with Gasteiger partial charge in [-0.15, -0.1) is 0 Å². The van der Waals surface area contributed by atoms with Gasteiger partial charge in [-0.3, -0.25) is 4.79 Å².